The van der Waals surface area contributed by atoms with Gasteiger partial charge >= 0.3 is 0 Å². The van der Waals surface area contributed by atoms with E-state index < -0.39 is 6.04 Å². The summed E-state index contributed by atoms with van der Waals surface area (Å²) in [5.74, 6) is 0.675. The van der Waals surface area contributed by atoms with Crippen LogP contribution in [0.25, 0.3) is 0 Å². The van der Waals surface area contributed by atoms with Gasteiger partial charge in [0.05, 0.1) is 5.75 Å². The number of rotatable bonds is 10. The van der Waals surface area contributed by atoms with Gasteiger partial charge in [0.2, 0.25) is 11.8 Å². The van der Waals surface area contributed by atoms with Crippen molar-refractivity contribution in [3.05, 3.63) is 69.7 Å². The number of carbonyl (C=O) groups excluding carboxylic acids is 2. The van der Waals surface area contributed by atoms with E-state index in [4.69, 9.17) is 23.2 Å². The van der Waals surface area contributed by atoms with Crippen molar-refractivity contribution in [3.63, 3.8) is 0 Å². The standard InChI is InChI=1S/C22H26Cl2N2O2S/c1-3-11-25-22(28)16(2)26(13-18-8-4-5-10-20(18)24)21(27)15-29-14-17-7-6-9-19(23)12-17/h4-10,12,16H,3,11,13-15H2,1-2H3,(H,25,28)/t16-/m1/s1. The highest BCUT2D eigenvalue weighted by atomic mass is 35.5. The molecule has 0 bridgehead atoms. The number of hydrogen-bond donors (Lipinski definition) is 1. The van der Waals surface area contributed by atoms with Crippen molar-refractivity contribution in [1.29, 1.82) is 0 Å². The van der Waals surface area contributed by atoms with Crippen LogP contribution in [0.15, 0.2) is 48.5 Å². The summed E-state index contributed by atoms with van der Waals surface area (Å²) in [6, 6.07) is 14.4. The maximum Gasteiger partial charge on any atom is 0.242 e. The van der Waals surface area contributed by atoms with Gasteiger partial charge in [0, 0.05) is 28.9 Å². The van der Waals surface area contributed by atoms with Gasteiger partial charge in [-0.2, -0.15) is 0 Å². The molecule has 7 heteroatoms. The Morgan fingerprint density at radius 3 is 2.59 bits per heavy atom. The summed E-state index contributed by atoms with van der Waals surface area (Å²) in [5.41, 5.74) is 1.87. The van der Waals surface area contributed by atoms with Gasteiger partial charge < -0.3 is 10.2 Å². The summed E-state index contributed by atoms with van der Waals surface area (Å²) < 4.78 is 0. The van der Waals surface area contributed by atoms with Gasteiger partial charge in [-0.25, -0.2) is 0 Å². The van der Waals surface area contributed by atoms with E-state index in [2.05, 4.69) is 5.32 Å². The van der Waals surface area contributed by atoms with E-state index in [0.717, 1.165) is 17.5 Å². The lowest BCUT2D eigenvalue weighted by atomic mass is 10.1. The molecule has 1 atom stereocenters. The van der Waals surface area contributed by atoms with Crippen molar-refractivity contribution in [3.8, 4) is 0 Å². The maximum absolute atomic E-state index is 13.0. The van der Waals surface area contributed by atoms with Gasteiger partial charge in [-0.15, -0.1) is 11.8 Å². The summed E-state index contributed by atoms with van der Waals surface area (Å²) >= 11 is 13.8. The molecular formula is C22H26Cl2N2O2S. The first-order valence-corrected chi connectivity index (χ1v) is 11.5. The molecule has 2 amide bonds. The van der Waals surface area contributed by atoms with E-state index in [1.165, 1.54) is 11.8 Å². The molecule has 0 radical (unpaired) electrons. The number of nitrogens with one attached hydrogen (secondary N) is 1. The van der Waals surface area contributed by atoms with Gasteiger partial charge in [0.15, 0.2) is 0 Å². The molecular weight excluding hydrogens is 427 g/mol. The van der Waals surface area contributed by atoms with E-state index in [-0.39, 0.29) is 24.1 Å². The minimum absolute atomic E-state index is 0.101. The number of halogens is 2. The highest BCUT2D eigenvalue weighted by Gasteiger charge is 2.26. The first-order chi connectivity index (χ1) is 13.9. The van der Waals surface area contributed by atoms with Crippen LogP contribution in [0.1, 0.15) is 31.4 Å². The Morgan fingerprint density at radius 2 is 1.90 bits per heavy atom. The molecule has 0 fully saturated rings. The molecule has 0 aliphatic carbocycles. The topological polar surface area (TPSA) is 49.4 Å². The van der Waals surface area contributed by atoms with Crippen LogP contribution in [0.3, 0.4) is 0 Å². The van der Waals surface area contributed by atoms with Crippen LogP contribution < -0.4 is 5.32 Å². The lowest BCUT2D eigenvalue weighted by Gasteiger charge is -2.29. The van der Waals surface area contributed by atoms with E-state index in [1.807, 2.05) is 49.4 Å². The Bertz CT molecular complexity index is 832. The van der Waals surface area contributed by atoms with E-state index in [1.54, 1.807) is 17.9 Å². The normalized spacial score (nSPS) is 11.7. The highest BCUT2D eigenvalue weighted by Crippen LogP contribution is 2.21. The van der Waals surface area contributed by atoms with Crippen LogP contribution >= 0.6 is 35.0 Å². The van der Waals surface area contributed by atoms with Gasteiger partial charge in [0.1, 0.15) is 6.04 Å². The molecule has 29 heavy (non-hydrogen) atoms. The lowest BCUT2D eigenvalue weighted by molar-refractivity contribution is -0.138. The average molecular weight is 453 g/mol. The molecule has 0 aromatic heterocycles. The molecule has 0 saturated carbocycles. The van der Waals surface area contributed by atoms with Gasteiger partial charge in [-0.05, 0) is 42.7 Å². The van der Waals surface area contributed by atoms with Gasteiger partial charge in [-0.3, -0.25) is 9.59 Å². The zero-order valence-electron chi connectivity index (χ0n) is 16.7. The van der Waals surface area contributed by atoms with Crippen LogP contribution in [0.4, 0.5) is 0 Å². The summed E-state index contributed by atoms with van der Waals surface area (Å²) in [6.45, 7) is 4.61. The second-order valence-electron chi connectivity index (χ2n) is 6.70. The first kappa shape index (κ1) is 23.6. The first-order valence-electron chi connectivity index (χ1n) is 9.55. The SMILES string of the molecule is CCCNC(=O)[C@@H](C)N(Cc1ccccc1Cl)C(=O)CSCc1cccc(Cl)c1. The molecule has 0 aliphatic heterocycles. The van der Waals surface area contributed by atoms with Crippen molar-refractivity contribution in [2.75, 3.05) is 12.3 Å². The van der Waals surface area contributed by atoms with Crippen molar-refractivity contribution < 1.29 is 9.59 Å². The van der Waals surface area contributed by atoms with Gasteiger partial charge in [-0.1, -0.05) is 60.5 Å². The molecule has 2 aromatic rings. The molecule has 0 spiro atoms. The van der Waals surface area contributed by atoms with Crippen molar-refractivity contribution in [2.24, 2.45) is 0 Å². The molecule has 156 valence electrons. The van der Waals surface area contributed by atoms with Crippen LogP contribution in [0.5, 0.6) is 0 Å². The zero-order chi connectivity index (χ0) is 21.2. The Morgan fingerprint density at radius 1 is 1.14 bits per heavy atom. The Balaban J connectivity index is 2.07. The van der Waals surface area contributed by atoms with Crippen molar-refractivity contribution in [1.82, 2.24) is 10.2 Å². The van der Waals surface area contributed by atoms with E-state index in [0.29, 0.717) is 22.3 Å². The number of benzene rings is 2. The molecule has 0 unspecified atom stereocenters. The van der Waals surface area contributed by atoms with Crippen molar-refractivity contribution in [2.45, 2.75) is 38.6 Å². The number of amides is 2. The Hall–Kier alpha value is -1.69. The molecule has 0 aliphatic rings. The monoisotopic (exact) mass is 452 g/mol. The van der Waals surface area contributed by atoms with Crippen LogP contribution in [-0.2, 0) is 21.9 Å². The number of carbonyl (C=O) groups is 2. The number of nitrogens with zero attached hydrogens (tertiary/aromatic N) is 1. The quantitative estimate of drug-likeness (QED) is 0.540. The highest BCUT2D eigenvalue weighted by molar-refractivity contribution is 7.99. The molecule has 4 nitrogen and oxygen atoms in total. The summed E-state index contributed by atoms with van der Waals surface area (Å²) in [4.78, 5) is 27.1. The van der Waals surface area contributed by atoms with E-state index >= 15 is 0 Å². The Labute approximate surface area is 187 Å². The fourth-order valence-corrected chi connectivity index (χ4v) is 4.02. The smallest absolute Gasteiger partial charge is 0.242 e. The Kier molecular flexibility index (Phi) is 9.85. The third-order valence-electron chi connectivity index (χ3n) is 4.40. The second-order valence-corrected chi connectivity index (χ2v) is 8.53. The predicted octanol–water partition coefficient (Wildman–Crippen LogP) is 5.17. The lowest BCUT2D eigenvalue weighted by Crippen LogP contribution is -2.48. The third-order valence-corrected chi connectivity index (χ3v) is 5.99. The summed E-state index contributed by atoms with van der Waals surface area (Å²) in [5, 5.41) is 4.13. The molecule has 0 heterocycles. The zero-order valence-corrected chi connectivity index (χ0v) is 19.0. The van der Waals surface area contributed by atoms with Crippen LogP contribution in [0.2, 0.25) is 10.0 Å². The molecule has 2 aromatic carbocycles. The maximum atomic E-state index is 13.0. The molecule has 2 rings (SSSR count). The minimum Gasteiger partial charge on any atom is -0.354 e. The van der Waals surface area contributed by atoms with E-state index in [9.17, 15) is 9.59 Å². The minimum atomic E-state index is -0.586. The number of hydrogen-bond acceptors (Lipinski definition) is 3. The van der Waals surface area contributed by atoms with Crippen LogP contribution in [0, 0.1) is 0 Å². The largest absolute Gasteiger partial charge is 0.354 e. The van der Waals surface area contributed by atoms with Crippen molar-refractivity contribution >= 4 is 46.8 Å². The third kappa shape index (κ3) is 7.57. The predicted molar refractivity (Wildman–Crippen MR) is 122 cm³/mol. The van der Waals surface area contributed by atoms with Crippen LogP contribution in [-0.4, -0.2) is 35.1 Å². The number of thioether (sulfide) groups is 1. The molecule has 0 saturated heterocycles. The second kappa shape index (κ2) is 12.1. The van der Waals surface area contributed by atoms with Gasteiger partial charge in [0.25, 0.3) is 0 Å². The average Bonchev–Trinajstić information content (AvgIpc) is 2.71. The molecule has 1 N–H and O–H groups in total. The summed E-state index contributed by atoms with van der Waals surface area (Å²) in [7, 11) is 0. The summed E-state index contributed by atoms with van der Waals surface area (Å²) in [6.07, 6.45) is 0.840. The fraction of sp³-hybridized carbons (Fsp3) is 0.364. The fourth-order valence-electron chi connectivity index (χ4n) is 2.75.